The van der Waals surface area contributed by atoms with Crippen molar-refractivity contribution >= 4 is 6.16 Å². The van der Waals surface area contributed by atoms with Crippen LogP contribution in [0.4, 0.5) is 4.79 Å². The highest BCUT2D eigenvalue weighted by atomic mass is 16.7. The van der Waals surface area contributed by atoms with Crippen LogP contribution in [0.3, 0.4) is 0 Å². The van der Waals surface area contributed by atoms with Crippen LogP contribution in [0.25, 0.3) is 11.3 Å². The van der Waals surface area contributed by atoms with Crippen LogP contribution in [0, 0.1) is 6.92 Å². The van der Waals surface area contributed by atoms with Crippen molar-refractivity contribution < 1.29 is 14.3 Å². The molecule has 0 unspecified atom stereocenters. The molecular formula is C17H18N2O4. The summed E-state index contributed by atoms with van der Waals surface area (Å²) in [5, 5.41) is 0. The molecule has 1 heterocycles. The molecular weight excluding hydrogens is 296 g/mol. The van der Waals surface area contributed by atoms with Crippen LogP contribution in [0.15, 0.2) is 41.3 Å². The number of hydrogen-bond donors (Lipinski definition) is 0. The molecule has 0 aliphatic heterocycles. The second-order valence-electron chi connectivity index (χ2n) is 5.88. The zero-order valence-corrected chi connectivity index (χ0v) is 13.5. The SMILES string of the molecule is Cc1nccc(-c2ccccc(OC(=O)OC(C)(C)C)c2=O)n1. The van der Waals surface area contributed by atoms with Gasteiger partial charge < -0.3 is 9.47 Å². The van der Waals surface area contributed by atoms with Crippen LogP contribution in [-0.2, 0) is 4.74 Å². The van der Waals surface area contributed by atoms with Gasteiger partial charge in [0.2, 0.25) is 5.43 Å². The van der Waals surface area contributed by atoms with Crippen molar-refractivity contribution in [2.75, 3.05) is 0 Å². The van der Waals surface area contributed by atoms with Gasteiger partial charge in [-0.15, -0.1) is 0 Å². The maximum atomic E-state index is 12.6. The molecule has 2 aromatic rings. The largest absolute Gasteiger partial charge is 0.514 e. The third-order valence-corrected chi connectivity index (χ3v) is 2.72. The van der Waals surface area contributed by atoms with E-state index in [0.717, 1.165) is 0 Å². The summed E-state index contributed by atoms with van der Waals surface area (Å²) in [5.41, 5.74) is -0.366. The molecule has 0 saturated carbocycles. The highest BCUT2D eigenvalue weighted by Crippen LogP contribution is 2.16. The van der Waals surface area contributed by atoms with Gasteiger partial charge in [-0.05, 0) is 45.9 Å². The van der Waals surface area contributed by atoms with E-state index in [4.69, 9.17) is 9.47 Å². The Hall–Kier alpha value is -2.76. The smallest absolute Gasteiger partial charge is 0.428 e. The average Bonchev–Trinajstić information content (AvgIpc) is 2.60. The molecule has 0 saturated heterocycles. The molecule has 0 atom stereocenters. The normalized spacial score (nSPS) is 11.0. The first-order chi connectivity index (χ1) is 10.8. The lowest BCUT2D eigenvalue weighted by Gasteiger charge is -2.18. The highest BCUT2D eigenvalue weighted by Gasteiger charge is 2.19. The summed E-state index contributed by atoms with van der Waals surface area (Å²) >= 11 is 0. The topological polar surface area (TPSA) is 78.4 Å². The standard InChI is InChI=1S/C17H18N2O4/c1-11-18-10-9-13(19-11)12-7-5-6-8-14(15(12)20)22-16(21)23-17(2,3)4/h5-10H,1-4H3. The number of rotatable bonds is 2. The fourth-order valence-electron chi connectivity index (χ4n) is 1.83. The number of aryl methyl sites for hydroxylation is 1. The molecule has 23 heavy (non-hydrogen) atoms. The Labute approximate surface area is 134 Å². The van der Waals surface area contributed by atoms with Crippen LogP contribution in [0.5, 0.6) is 5.75 Å². The first-order valence-corrected chi connectivity index (χ1v) is 7.10. The predicted octanol–water partition coefficient (Wildman–Crippen LogP) is 3.13. The summed E-state index contributed by atoms with van der Waals surface area (Å²) in [6.07, 6.45) is 0.643. The van der Waals surface area contributed by atoms with E-state index in [1.54, 1.807) is 58.2 Å². The molecule has 0 amide bonds. The summed E-state index contributed by atoms with van der Waals surface area (Å²) in [6, 6.07) is 7.95. The summed E-state index contributed by atoms with van der Waals surface area (Å²) in [5.74, 6) is 0.429. The van der Waals surface area contributed by atoms with Crippen LogP contribution in [0.2, 0.25) is 0 Å². The van der Waals surface area contributed by atoms with E-state index in [9.17, 15) is 9.59 Å². The van der Waals surface area contributed by atoms with Crippen LogP contribution in [-0.4, -0.2) is 21.7 Å². The predicted molar refractivity (Wildman–Crippen MR) is 85.3 cm³/mol. The lowest BCUT2D eigenvalue weighted by Crippen LogP contribution is -2.27. The van der Waals surface area contributed by atoms with Gasteiger partial charge in [0.15, 0.2) is 5.75 Å². The van der Waals surface area contributed by atoms with Gasteiger partial charge in [-0.25, -0.2) is 14.8 Å². The first-order valence-electron chi connectivity index (χ1n) is 7.10. The fourth-order valence-corrected chi connectivity index (χ4v) is 1.83. The molecule has 1 aromatic heterocycles. The molecule has 0 aliphatic carbocycles. The maximum absolute atomic E-state index is 12.6. The summed E-state index contributed by atoms with van der Waals surface area (Å²) in [4.78, 5) is 32.6. The monoisotopic (exact) mass is 314 g/mol. The lowest BCUT2D eigenvalue weighted by atomic mass is 10.2. The van der Waals surface area contributed by atoms with Crippen molar-refractivity contribution in [1.29, 1.82) is 0 Å². The van der Waals surface area contributed by atoms with Crippen molar-refractivity contribution in [2.24, 2.45) is 0 Å². The number of carbonyl (C=O) groups is 1. The molecule has 0 spiro atoms. The van der Waals surface area contributed by atoms with Gasteiger partial charge in [0.25, 0.3) is 0 Å². The number of ether oxygens (including phenoxy) is 2. The van der Waals surface area contributed by atoms with Gasteiger partial charge in [0.1, 0.15) is 11.4 Å². The zero-order chi connectivity index (χ0) is 17.0. The average molecular weight is 314 g/mol. The Morgan fingerprint density at radius 1 is 1.13 bits per heavy atom. The van der Waals surface area contributed by atoms with E-state index in [2.05, 4.69) is 9.97 Å². The van der Waals surface area contributed by atoms with E-state index in [1.165, 1.54) is 6.07 Å². The molecule has 0 fully saturated rings. The Morgan fingerprint density at radius 3 is 2.48 bits per heavy atom. The van der Waals surface area contributed by atoms with E-state index in [0.29, 0.717) is 17.1 Å². The molecule has 6 heteroatoms. The Kier molecular flexibility index (Phi) is 4.74. The Morgan fingerprint density at radius 2 is 1.83 bits per heavy atom. The van der Waals surface area contributed by atoms with Crippen molar-refractivity contribution in [3.63, 3.8) is 0 Å². The molecule has 0 aliphatic rings. The van der Waals surface area contributed by atoms with Crippen molar-refractivity contribution in [1.82, 2.24) is 9.97 Å². The number of hydrogen-bond acceptors (Lipinski definition) is 6. The fraction of sp³-hybridized carbons (Fsp3) is 0.294. The Balaban J connectivity index is 2.40. The summed E-state index contributed by atoms with van der Waals surface area (Å²) in [6.45, 7) is 6.88. The third-order valence-electron chi connectivity index (χ3n) is 2.72. The van der Waals surface area contributed by atoms with Crippen LogP contribution >= 0.6 is 0 Å². The minimum absolute atomic E-state index is 0.115. The maximum Gasteiger partial charge on any atom is 0.514 e. The van der Waals surface area contributed by atoms with Crippen molar-refractivity contribution in [3.8, 4) is 17.0 Å². The zero-order valence-electron chi connectivity index (χ0n) is 13.5. The minimum atomic E-state index is -0.925. The van der Waals surface area contributed by atoms with Gasteiger partial charge in [-0.2, -0.15) is 0 Å². The Bertz CT molecular complexity index is 782. The van der Waals surface area contributed by atoms with Crippen LogP contribution in [0.1, 0.15) is 26.6 Å². The third kappa shape index (κ3) is 4.60. The molecule has 0 N–H and O–H groups in total. The van der Waals surface area contributed by atoms with E-state index >= 15 is 0 Å². The molecule has 0 bridgehead atoms. The summed E-state index contributed by atoms with van der Waals surface area (Å²) < 4.78 is 10.1. The number of aromatic nitrogens is 2. The van der Waals surface area contributed by atoms with E-state index in [1.807, 2.05) is 0 Å². The van der Waals surface area contributed by atoms with Gasteiger partial charge in [0, 0.05) is 6.20 Å². The molecule has 1 aromatic carbocycles. The molecule has 2 rings (SSSR count). The molecule has 120 valence electrons. The number of nitrogens with zero attached hydrogens (tertiary/aromatic N) is 2. The van der Waals surface area contributed by atoms with Gasteiger partial charge in [-0.3, -0.25) is 4.79 Å². The highest BCUT2D eigenvalue weighted by molar-refractivity contribution is 5.66. The van der Waals surface area contributed by atoms with E-state index in [-0.39, 0.29) is 5.75 Å². The van der Waals surface area contributed by atoms with Gasteiger partial charge >= 0.3 is 6.16 Å². The first kappa shape index (κ1) is 16.6. The van der Waals surface area contributed by atoms with Crippen LogP contribution < -0.4 is 10.2 Å². The van der Waals surface area contributed by atoms with Gasteiger partial charge in [-0.1, -0.05) is 12.1 Å². The van der Waals surface area contributed by atoms with Crippen molar-refractivity contribution in [3.05, 3.63) is 52.6 Å². The number of carbonyl (C=O) groups excluding carboxylic acids is 1. The van der Waals surface area contributed by atoms with E-state index < -0.39 is 17.2 Å². The summed E-state index contributed by atoms with van der Waals surface area (Å²) in [7, 11) is 0. The second kappa shape index (κ2) is 6.56. The minimum Gasteiger partial charge on any atom is -0.428 e. The lowest BCUT2D eigenvalue weighted by molar-refractivity contribution is 0.0204. The van der Waals surface area contributed by atoms with Crippen molar-refractivity contribution in [2.45, 2.75) is 33.3 Å². The molecule has 6 nitrogen and oxygen atoms in total. The quantitative estimate of drug-likeness (QED) is 0.792. The molecule has 0 radical (unpaired) electrons. The van der Waals surface area contributed by atoms with Gasteiger partial charge in [0.05, 0.1) is 11.3 Å². The second-order valence-corrected chi connectivity index (χ2v) is 5.88.